The predicted octanol–water partition coefficient (Wildman–Crippen LogP) is 1.97. The number of benzene rings is 1. The number of carbonyl (C=O) groups excluding carboxylic acids is 1. The number of carbonyl (C=O) groups is 1. The Morgan fingerprint density at radius 2 is 2.20 bits per heavy atom. The number of hydrogen-bond acceptors (Lipinski definition) is 4. The average Bonchev–Trinajstić information content (AvgIpc) is 2.18. The molecular formula is C11H14N2OS. The van der Waals surface area contributed by atoms with Gasteiger partial charge in [0.2, 0.25) is 5.12 Å². The van der Waals surface area contributed by atoms with Crippen LogP contribution >= 0.6 is 11.8 Å². The van der Waals surface area contributed by atoms with E-state index < -0.39 is 5.54 Å². The van der Waals surface area contributed by atoms with Crippen molar-refractivity contribution in [3.63, 3.8) is 0 Å². The Labute approximate surface area is 93.4 Å². The zero-order chi connectivity index (χ0) is 11.1. The molecule has 15 heavy (non-hydrogen) atoms. The highest BCUT2D eigenvalue weighted by atomic mass is 32.2. The number of hydrogen-bond donors (Lipinski definition) is 2. The first-order valence-corrected chi connectivity index (χ1v) is 5.68. The summed E-state index contributed by atoms with van der Waals surface area (Å²) in [7, 11) is 0. The highest BCUT2D eigenvalue weighted by Gasteiger charge is 2.33. The first-order valence-electron chi connectivity index (χ1n) is 4.86. The summed E-state index contributed by atoms with van der Waals surface area (Å²) in [5.74, 6) is 0. The van der Waals surface area contributed by atoms with Crippen LogP contribution in [-0.4, -0.2) is 10.7 Å². The topological polar surface area (TPSA) is 55.1 Å². The van der Waals surface area contributed by atoms with E-state index in [2.05, 4.69) is 5.32 Å². The van der Waals surface area contributed by atoms with Gasteiger partial charge in [-0.25, -0.2) is 0 Å². The van der Waals surface area contributed by atoms with Gasteiger partial charge in [0.15, 0.2) is 0 Å². The molecule has 1 heterocycles. The summed E-state index contributed by atoms with van der Waals surface area (Å²) in [5, 5.41) is 3.38. The van der Waals surface area contributed by atoms with Crippen molar-refractivity contribution in [2.75, 3.05) is 5.32 Å². The van der Waals surface area contributed by atoms with Gasteiger partial charge in [-0.1, -0.05) is 6.07 Å². The lowest BCUT2D eigenvalue weighted by molar-refractivity contribution is -0.114. The Bertz CT molecular complexity index is 415. The van der Waals surface area contributed by atoms with Crippen LogP contribution in [0.2, 0.25) is 0 Å². The van der Waals surface area contributed by atoms with Crippen LogP contribution < -0.4 is 11.1 Å². The van der Waals surface area contributed by atoms with Gasteiger partial charge in [0, 0.05) is 17.1 Å². The van der Waals surface area contributed by atoms with E-state index in [9.17, 15) is 4.79 Å². The monoisotopic (exact) mass is 222 g/mol. The third kappa shape index (κ3) is 1.87. The standard InChI is InChI=1S/C11H14N2OS/c1-11(2)10(14)15-9-4-3-7(6-12)5-8(9)13-11/h3-5,13H,6,12H2,1-2H3. The van der Waals surface area contributed by atoms with Crippen LogP contribution in [0.4, 0.5) is 5.69 Å². The molecular weight excluding hydrogens is 208 g/mol. The minimum atomic E-state index is -0.495. The molecule has 1 aromatic rings. The van der Waals surface area contributed by atoms with Crippen LogP contribution in [0.3, 0.4) is 0 Å². The lowest BCUT2D eigenvalue weighted by atomic mass is 10.1. The van der Waals surface area contributed by atoms with Gasteiger partial charge >= 0.3 is 0 Å². The van der Waals surface area contributed by atoms with Gasteiger partial charge in [-0.05, 0) is 43.3 Å². The molecule has 3 N–H and O–H groups in total. The molecule has 1 aliphatic heterocycles. The van der Waals surface area contributed by atoms with E-state index in [4.69, 9.17) is 5.73 Å². The fourth-order valence-electron chi connectivity index (χ4n) is 1.51. The molecule has 4 heteroatoms. The minimum absolute atomic E-state index is 0.149. The van der Waals surface area contributed by atoms with Crippen LogP contribution in [0.1, 0.15) is 19.4 Å². The molecule has 0 aliphatic carbocycles. The van der Waals surface area contributed by atoms with Gasteiger partial charge in [0.25, 0.3) is 0 Å². The molecule has 0 spiro atoms. The fraction of sp³-hybridized carbons (Fsp3) is 0.364. The second-order valence-corrected chi connectivity index (χ2v) is 5.19. The molecule has 80 valence electrons. The fourth-order valence-corrected chi connectivity index (χ4v) is 2.37. The first kappa shape index (κ1) is 10.5. The van der Waals surface area contributed by atoms with Gasteiger partial charge in [-0.3, -0.25) is 4.79 Å². The highest BCUT2D eigenvalue weighted by molar-refractivity contribution is 8.14. The van der Waals surface area contributed by atoms with Crippen LogP contribution in [-0.2, 0) is 11.3 Å². The lowest BCUT2D eigenvalue weighted by Crippen LogP contribution is -2.40. The van der Waals surface area contributed by atoms with Crippen molar-refractivity contribution in [1.82, 2.24) is 0 Å². The van der Waals surface area contributed by atoms with Gasteiger partial charge < -0.3 is 11.1 Å². The first-order chi connectivity index (χ1) is 7.03. The summed E-state index contributed by atoms with van der Waals surface area (Å²) in [4.78, 5) is 12.7. The maximum Gasteiger partial charge on any atom is 0.218 e. The Kier molecular flexibility index (Phi) is 2.48. The molecule has 0 unspecified atom stereocenters. The largest absolute Gasteiger partial charge is 0.372 e. The minimum Gasteiger partial charge on any atom is -0.372 e. The van der Waals surface area contributed by atoms with E-state index in [0.29, 0.717) is 6.54 Å². The van der Waals surface area contributed by atoms with Crippen molar-refractivity contribution in [3.8, 4) is 0 Å². The second-order valence-electron chi connectivity index (χ2n) is 4.17. The quantitative estimate of drug-likeness (QED) is 0.762. The molecule has 0 fully saturated rings. The van der Waals surface area contributed by atoms with Crippen LogP contribution in [0.5, 0.6) is 0 Å². The number of rotatable bonds is 1. The van der Waals surface area contributed by atoms with Gasteiger partial charge in [0.05, 0.1) is 0 Å². The lowest BCUT2D eigenvalue weighted by Gasteiger charge is -2.31. The van der Waals surface area contributed by atoms with E-state index >= 15 is 0 Å². The van der Waals surface area contributed by atoms with Crippen LogP contribution in [0.15, 0.2) is 23.1 Å². The maximum absolute atomic E-state index is 11.7. The number of fused-ring (bicyclic) bond motifs is 1. The predicted molar refractivity (Wildman–Crippen MR) is 62.9 cm³/mol. The van der Waals surface area contributed by atoms with Crippen molar-refractivity contribution < 1.29 is 4.79 Å². The van der Waals surface area contributed by atoms with Gasteiger partial charge in [-0.15, -0.1) is 0 Å². The Hall–Kier alpha value is -1.00. The number of nitrogens with two attached hydrogens (primary N) is 1. The third-order valence-electron chi connectivity index (χ3n) is 2.44. The van der Waals surface area contributed by atoms with Crippen LogP contribution in [0.25, 0.3) is 0 Å². The summed E-state index contributed by atoms with van der Waals surface area (Å²) in [6, 6.07) is 5.91. The van der Waals surface area contributed by atoms with Gasteiger partial charge in [-0.2, -0.15) is 0 Å². The SMILES string of the molecule is CC1(C)Nc2cc(CN)ccc2SC1=O. The number of nitrogens with one attached hydrogen (secondary N) is 1. The second kappa shape index (κ2) is 3.54. The van der Waals surface area contributed by atoms with E-state index in [0.717, 1.165) is 16.1 Å². The summed E-state index contributed by atoms with van der Waals surface area (Å²) in [6.07, 6.45) is 0. The Morgan fingerprint density at radius 3 is 2.87 bits per heavy atom. The zero-order valence-electron chi connectivity index (χ0n) is 8.83. The third-order valence-corrected chi connectivity index (χ3v) is 3.71. The van der Waals surface area contributed by atoms with E-state index in [-0.39, 0.29) is 5.12 Å². The molecule has 1 aromatic carbocycles. The van der Waals surface area contributed by atoms with E-state index in [1.54, 1.807) is 0 Å². The van der Waals surface area contributed by atoms with E-state index in [1.165, 1.54) is 11.8 Å². The molecule has 0 amide bonds. The van der Waals surface area contributed by atoms with Crippen LogP contribution in [0, 0.1) is 0 Å². The summed E-state index contributed by atoms with van der Waals surface area (Å²) >= 11 is 1.30. The molecule has 0 bridgehead atoms. The molecule has 1 aliphatic rings. The van der Waals surface area contributed by atoms with E-state index in [1.807, 2.05) is 32.0 Å². The Balaban J connectivity index is 2.42. The zero-order valence-corrected chi connectivity index (χ0v) is 9.65. The molecule has 0 aromatic heterocycles. The number of thioether (sulfide) groups is 1. The molecule has 3 nitrogen and oxygen atoms in total. The Morgan fingerprint density at radius 1 is 1.47 bits per heavy atom. The molecule has 0 saturated heterocycles. The van der Waals surface area contributed by atoms with Crippen molar-refractivity contribution in [3.05, 3.63) is 23.8 Å². The highest BCUT2D eigenvalue weighted by Crippen LogP contribution is 2.38. The molecule has 2 rings (SSSR count). The van der Waals surface area contributed by atoms with Crippen molar-refractivity contribution in [2.24, 2.45) is 5.73 Å². The summed E-state index contributed by atoms with van der Waals surface area (Å²) in [5.41, 5.74) is 7.16. The molecule has 0 saturated carbocycles. The van der Waals surface area contributed by atoms with Crippen molar-refractivity contribution in [1.29, 1.82) is 0 Å². The smallest absolute Gasteiger partial charge is 0.218 e. The average molecular weight is 222 g/mol. The molecule has 0 radical (unpaired) electrons. The van der Waals surface area contributed by atoms with Gasteiger partial charge in [0.1, 0.15) is 5.54 Å². The summed E-state index contributed by atoms with van der Waals surface area (Å²) in [6.45, 7) is 4.30. The molecule has 0 atom stereocenters. The maximum atomic E-state index is 11.7. The van der Waals surface area contributed by atoms with Crippen molar-refractivity contribution >= 4 is 22.6 Å². The summed E-state index contributed by atoms with van der Waals surface area (Å²) < 4.78 is 0. The van der Waals surface area contributed by atoms with Crippen molar-refractivity contribution in [2.45, 2.75) is 30.8 Å². The normalized spacial score (nSPS) is 18.2. The number of anilines is 1.